The number of aliphatic hydroxyl groups excluding tert-OH is 1. The summed E-state index contributed by atoms with van der Waals surface area (Å²) in [7, 11) is -4.47. The summed E-state index contributed by atoms with van der Waals surface area (Å²) in [5, 5.41) is 13.6. The minimum absolute atomic E-state index is 0.0573. The number of benzene rings is 2. The second-order valence-electron chi connectivity index (χ2n) is 13.3. The van der Waals surface area contributed by atoms with E-state index in [0.29, 0.717) is 6.61 Å². The van der Waals surface area contributed by atoms with Crippen LogP contribution in [-0.2, 0) is 13.6 Å². The van der Waals surface area contributed by atoms with E-state index >= 15 is 0 Å². The molecule has 0 aliphatic carbocycles. The van der Waals surface area contributed by atoms with Crippen molar-refractivity contribution in [3.63, 3.8) is 0 Å². The molecule has 42 heavy (non-hydrogen) atoms. The fourth-order valence-electron chi connectivity index (χ4n) is 6.70. The van der Waals surface area contributed by atoms with Crippen molar-refractivity contribution in [2.75, 3.05) is 13.2 Å². The van der Waals surface area contributed by atoms with E-state index in [0.717, 1.165) is 56.8 Å². The van der Waals surface area contributed by atoms with Gasteiger partial charge >= 0.3 is 0 Å². The van der Waals surface area contributed by atoms with Crippen molar-refractivity contribution in [3.8, 4) is 0 Å². The minimum atomic E-state index is -2.61. The molecule has 0 aromatic heterocycles. The van der Waals surface area contributed by atoms with Crippen LogP contribution in [0.1, 0.15) is 80.6 Å². The molecule has 0 bridgehead atoms. The van der Waals surface area contributed by atoms with Crippen LogP contribution in [0.15, 0.2) is 72.8 Å². The Morgan fingerprint density at radius 3 is 1.95 bits per heavy atom. The third kappa shape index (κ3) is 8.99. The van der Waals surface area contributed by atoms with Gasteiger partial charge in [0.25, 0.3) is 8.32 Å². The molecule has 0 saturated heterocycles. The molecule has 1 heterocycles. The van der Waals surface area contributed by atoms with Gasteiger partial charge in [-0.15, -0.1) is 0 Å². The highest BCUT2D eigenvalue weighted by molar-refractivity contribution is 6.99. The Labute approximate surface area is 259 Å². The molecule has 4 nitrogen and oxygen atoms in total. The average molecular weight is 611 g/mol. The number of rotatable bonds is 17. The molecule has 0 spiro atoms. The molecule has 1 aliphatic rings. The SMILES string of the molecule is CC[Si](CC)(CC)O[C@H](CCO[Si](c1ccccc1)(c1ccccc1)C(C)(C)C)[C@H](C)C[C@H](O)CCC1C=CCCO1. The normalized spacial score (nSPS) is 18.5. The van der Waals surface area contributed by atoms with E-state index in [-0.39, 0.29) is 29.3 Å². The van der Waals surface area contributed by atoms with E-state index in [9.17, 15) is 5.11 Å². The van der Waals surface area contributed by atoms with Gasteiger partial charge in [0, 0.05) is 12.7 Å². The lowest BCUT2D eigenvalue weighted by molar-refractivity contribution is 0.0393. The lowest BCUT2D eigenvalue weighted by Crippen LogP contribution is -2.66. The maximum Gasteiger partial charge on any atom is 0.261 e. The van der Waals surface area contributed by atoms with Crippen molar-refractivity contribution in [2.24, 2.45) is 5.92 Å². The Balaban J connectivity index is 1.82. The van der Waals surface area contributed by atoms with Crippen molar-refractivity contribution in [1.82, 2.24) is 0 Å². The van der Waals surface area contributed by atoms with Gasteiger partial charge in [0.05, 0.1) is 18.8 Å². The van der Waals surface area contributed by atoms with Crippen LogP contribution in [0.3, 0.4) is 0 Å². The third-order valence-electron chi connectivity index (χ3n) is 9.50. The van der Waals surface area contributed by atoms with Gasteiger partial charge in [0.15, 0.2) is 8.32 Å². The highest BCUT2D eigenvalue weighted by Gasteiger charge is 2.50. The quantitative estimate of drug-likeness (QED) is 0.146. The molecule has 0 amide bonds. The van der Waals surface area contributed by atoms with Crippen molar-refractivity contribution in [2.45, 2.75) is 122 Å². The Bertz CT molecular complexity index is 1000. The van der Waals surface area contributed by atoms with E-state index < -0.39 is 16.6 Å². The van der Waals surface area contributed by atoms with Crippen LogP contribution < -0.4 is 10.4 Å². The summed E-state index contributed by atoms with van der Waals surface area (Å²) in [5.74, 6) is 0.238. The molecular formula is C36H58O4Si2. The zero-order valence-electron chi connectivity index (χ0n) is 27.5. The zero-order valence-corrected chi connectivity index (χ0v) is 29.5. The predicted molar refractivity (Wildman–Crippen MR) is 183 cm³/mol. The minimum Gasteiger partial charge on any atom is -0.414 e. The van der Waals surface area contributed by atoms with E-state index in [1.165, 1.54) is 10.4 Å². The molecule has 1 unspecified atom stereocenters. The molecule has 234 valence electrons. The van der Waals surface area contributed by atoms with Crippen molar-refractivity contribution >= 4 is 27.0 Å². The summed E-state index contributed by atoms with van der Waals surface area (Å²) in [4.78, 5) is 0. The Morgan fingerprint density at radius 2 is 1.48 bits per heavy atom. The van der Waals surface area contributed by atoms with Crippen molar-refractivity contribution in [3.05, 3.63) is 72.8 Å². The van der Waals surface area contributed by atoms with Crippen LogP contribution in [0.2, 0.25) is 23.2 Å². The van der Waals surface area contributed by atoms with Crippen LogP contribution in [0.5, 0.6) is 0 Å². The van der Waals surface area contributed by atoms with E-state index in [1.807, 2.05) is 0 Å². The van der Waals surface area contributed by atoms with Crippen LogP contribution in [0.25, 0.3) is 0 Å². The molecule has 6 heteroatoms. The van der Waals surface area contributed by atoms with Crippen LogP contribution in [0, 0.1) is 5.92 Å². The van der Waals surface area contributed by atoms with Gasteiger partial charge in [-0.3, -0.25) is 0 Å². The average Bonchev–Trinajstić information content (AvgIpc) is 3.01. The van der Waals surface area contributed by atoms with Gasteiger partial charge in [-0.25, -0.2) is 0 Å². The molecule has 4 atom stereocenters. The Morgan fingerprint density at radius 1 is 0.905 bits per heavy atom. The van der Waals surface area contributed by atoms with Gasteiger partial charge < -0.3 is 18.7 Å². The van der Waals surface area contributed by atoms with Gasteiger partial charge in [0.1, 0.15) is 0 Å². The zero-order chi connectivity index (χ0) is 30.6. The van der Waals surface area contributed by atoms with E-state index in [1.54, 1.807) is 0 Å². The number of ether oxygens (including phenoxy) is 1. The first-order valence-electron chi connectivity index (χ1n) is 16.5. The molecule has 1 aliphatic heterocycles. The monoisotopic (exact) mass is 610 g/mol. The maximum atomic E-state index is 11.1. The summed E-state index contributed by atoms with van der Waals surface area (Å²) < 4.78 is 20.3. The van der Waals surface area contributed by atoms with Crippen molar-refractivity contribution in [1.29, 1.82) is 0 Å². The van der Waals surface area contributed by atoms with Crippen LogP contribution in [0.4, 0.5) is 0 Å². The number of aliphatic hydroxyl groups is 1. The number of hydrogen-bond acceptors (Lipinski definition) is 4. The number of hydrogen-bond donors (Lipinski definition) is 1. The standard InChI is InChI=1S/C36H58O4Si2/c1-8-41(9-2,10-3)40-35(30(4)29-31(37)24-25-32-19-17-18-27-38-32)26-28-39-42(36(5,6)7,33-20-13-11-14-21-33)34-22-15-12-16-23-34/h11-17,19-23,30-32,35,37H,8-10,18,24-29H2,1-7H3/t30-,31-,32?,35-/m1/s1. The highest BCUT2D eigenvalue weighted by atomic mass is 28.4. The topological polar surface area (TPSA) is 47.9 Å². The lowest BCUT2D eigenvalue weighted by Gasteiger charge is -2.44. The van der Waals surface area contributed by atoms with E-state index in [4.69, 9.17) is 13.6 Å². The lowest BCUT2D eigenvalue weighted by atomic mass is 9.93. The molecule has 3 rings (SSSR count). The fraction of sp³-hybridized carbons (Fsp3) is 0.611. The van der Waals surface area contributed by atoms with Crippen LogP contribution in [-0.4, -0.2) is 53.3 Å². The first-order chi connectivity index (χ1) is 20.1. The van der Waals surface area contributed by atoms with E-state index in [2.05, 4.69) is 121 Å². The second-order valence-corrected chi connectivity index (χ2v) is 22.3. The third-order valence-corrected chi connectivity index (χ3v) is 19.2. The molecule has 0 fully saturated rings. The molecule has 0 saturated carbocycles. The van der Waals surface area contributed by atoms with Crippen molar-refractivity contribution < 1.29 is 18.7 Å². The molecule has 0 radical (unpaired) electrons. The molecule has 2 aromatic rings. The summed E-state index contributed by atoms with van der Waals surface area (Å²) in [6, 6.07) is 25.1. The predicted octanol–water partition coefficient (Wildman–Crippen LogP) is 7.86. The second kappa shape index (κ2) is 16.5. The smallest absolute Gasteiger partial charge is 0.261 e. The van der Waals surface area contributed by atoms with Gasteiger partial charge in [-0.1, -0.05) is 121 Å². The fourth-order valence-corrected chi connectivity index (χ4v) is 14.3. The van der Waals surface area contributed by atoms with Gasteiger partial charge in [-0.05, 0) is 71.6 Å². The highest BCUT2D eigenvalue weighted by Crippen LogP contribution is 2.37. The first-order valence-corrected chi connectivity index (χ1v) is 20.9. The largest absolute Gasteiger partial charge is 0.414 e. The van der Waals surface area contributed by atoms with Crippen LogP contribution >= 0.6 is 0 Å². The maximum absolute atomic E-state index is 11.1. The Hall–Kier alpha value is -1.55. The Kier molecular flexibility index (Phi) is 13.7. The summed E-state index contributed by atoms with van der Waals surface area (Å²) in [5.41, 5.74) is 0. The first kappa shape index (κ1) is 34.9. The molecular weight excluding hydrogens is 553 g/mol. The molecule has 2 aromatic carbocycles. The summed E-state index contributed by atoms with van der Waals surface area (Å²) >= 11 is 0. The molecule has 1 N–H and O–H groups in total. The summed E-state index contributed by atoms with van der Waals surface area (Å²) in [6.45, 7) is 17.6. The van der Waals surface area contributed by atoms with Gasteiger partial charge in [-0.2, -0.15) is 0 Å². The summed E-state index contributed by atoms with van der Waals surface area (Å²) in [6.07, 6.45) is 8.37. The van der Waals surface area contributed by atoms with Gasteiger partial charge in [0.2, 0.25) is 0 Å².